The Hall–Kier alpha value is -2.02. The van der Waals surface area contributed by atoms with E-state index in [2.05, 4.69) is 15.2 Å². The van der Waals surface area contributed by atoms with Crippen molar-refractivity contribution in [3.8, 4) is 11.4 Å². The van der Waals surface area contributed by atoms with Crippen LogP contribution in [0.2, 0.25) is 0 Å². The number of anilines is 1. The minimum Gasteiger partial charge on any atom is -0.335 e. The van der Waals surface area contributed by atoms with Gasteiger partial charge in [-0.1, -0.05) is 0 Å². The third-order valence-electron chi connectivity index (χ3n) is 3.96. The van der Waals surface area contributed by atoms with Gasteiger partial charge in [0.05, 0.1) is 5.56 Å². The molecule has 3 rings (SSSR count). The molecule has 2 unspecified atom stereocenters. The fourth-order valence-electron chi connectivity index (χ4n) is 2.64. The maximum Gasteiger partial charge on any atom is 0.245 e. The minimum absolute atomic E-state index is 0.0617. The summed E-state index contributed by atoms with van der Waals surface area (Å²) in [6, 6.07) is 3.42. The number of benzene rings is 1. The van der Waals surface area contributed by atoms with Crippen LogP contribution >= 0.6 is 0 Å². The van der Waals surface area contributed by atoms with E-state index in [0.29, 0.717) is 5.95 Å². The lowest BCUT2D eigenvalue weighted by molar-refractivity contribution is 0.416. The molecule has 0 bridgehead atoms. The summed E-state index contributed by atoms with van der Waals surface area (Å²) in [7, 11) is 0. The summed E-state index contributed by atoms with van der Waals surface area (Å²) < 4.78 is 27.0. The molecule has 0 saturated carbocycles. The van der Waals surface area contributed by atoms with Crippen LogP contribution in [0, 0.1) is 11.6 Å². The molecule has 2 aromatic rings. The molecule has 21 heavy (non-hydrogen) atoms. The third kappa shape index (κ3) is 2.61. The predicted molar refractivity (Wildman–Crippen MR) is 75.8 cm³/mol. The van der Waals surface area contributed by atoms with Crippen molar-refractivity contribution in [2.45, 2.75) is 31.8 Å². The summed E-state index contributed by atoms with van der Waals surface area (Å²) in [5.74, 6) is -0.370. The Morgan fingerprint density at radius 1 is 1.38 bits per heavy atom. The normalized spacial score (nSPS) is 22.6. The van der Waals surface area contributed by atoms with Crippen LogP contribution in [0.4, 0.5) is 14.7 Å². The van der Waals surface area contributed by atoms with Crippen LogP contribution in [0.5, 0.6) is 0 Å². The van der Waals surface area contributed by atoms with Gasteiger partial charge in [-0.05, 0) is 38.0 Å². The van der Waals surface area contributed by atoms with Crippen molar-refractivity contribution in [3.05, 3.63) is 29.8 Å². The lowest BCUT2D eigenvalue weighted by Crippen LogP contribution is -2.50. The molecule has 1 fully saturated rings. The van der Waals surface area contributed by atoms with Crippen LogP contribution in [-0.4, -0.2) is 33.8 Å². The van der Waals surface area contributed by atoms with Crippen LogP contribution in [0.3, 0.4) is 0 Å². The molecule has 7 heteroatoms. The molecule has 3 N–H and O–H groups in total. The number of piperidine rings is 1. The van der Waals surface area contributed by atoms with E-state index in [1.807, 2.05) is 11.8 Å². The highest BCUT2D eigenvalue weighted by Gasteiger charge is 2.28. The first kappa shape index (κ1) is 13.9. The number of hydrogen-bond donors (Lipinski definition) is 2. The van der Waals surface area contributed by atoms with Gasteiger partial charge in [-0.3, -0.25) is 5.10 Å². The van der Waals surface area contributed by atoms with E-state index in [1.54, 1.807) is 0 Å². The minimum atomic E-state index is -0.539. The van der Waals surface area contributed by atoms with Gasteiger partial charge in [-0.25, -0.2) is 8.78 Å². The highest BCUT2D eigenvalue weighted by molar-refractivity contribution is 5.57. The predicted octanol–water partition coefficient (Wildman–Crippen LogP) is 2.07. The van der Waals surface area contributed by atoms with E-state index < -0.39 is 11.6 Å². The first-order valence-corrected chi connectivity index (χ1v) is 6.96. The lowest BCUT2D eigenvalue weighted by Gasteiger charge is -2.36. The first-order valence-electron chi connectivity index (χ1n) is 6.96. The van der Waals surface area contributed by atoms with Crippen molar-refractivity contribution in [2.24, 2.45) is 5.73 Å². The van der Waals surface area contributed by atoms with Crippen molar-refractivity contribution < 1.29 is 8.78 Å². The second-order valence-electron chi connectivity index (χ2n) is 5.35. The molecule has 0 amide bonds. The Labute approximate surface area is 121 Å². The second-order valence-corrected chi connectivity index (χ2v) is 5.35. The maximum absolute atomic E-state index is 13.8. The summed E-state index contributed by atoms with van der Waals surface area (Å²) in [4.78, 5) is 6.28. The Bertz CT molecular complexity index is 642. The van der Waals surface area contributed by atoms with Crippen molar-refractivity contribution >= 4 is 5.95 Å². The summed E-state index contributed by atoms with van der Waals surface area (Å²) >= 11 is 0. The van der Waals surface area contributed by atoms with E-state index in [4.69, 9.17) is 5.73 Å². The molecule has 2 atom stereocenters. The lowest BCUT2D eigenvalue weighted by atomic mass is 9.99. The number of nitrogens with one attached hydrogen (secondary N) is 1. The van der Waals surface area contributed by atoms with E-state index in [-0.39, 0.29) is 23.5 Å². The zero-order valence-corrected chi connectivity index (χ0v) is 11.7. The standard InChI is InChI=1S/C14H17F2N5/c1-8-12(17)3-2-6-21(8)14-18-13(19-20-14)10-7-9(15)4-5-11(10)16/h4-5,7-8,12H,2-3,6,17H2,1H3,(H,18,19,20). The second kappa shape index (κ2) is 5.40. The van der Waals surface area contributed by atoms with Crippen LogP contribution in [0.1, 0.15) is 19.8 Å². The van der Waals surface area contributed by atoms with Gasteiger partial charge in [0.2, 0.25) is 5.95 Å². The highest BCUT2D eigenvalue weighted by atomic mass is 19.1. The number of halogens is 2. The molecular weight excluding hydrogens is 276 g/mol. The number of rotatable bonds is 2. The van der Waals surface area contributed by atoms with E-state index >= 15 is 0 Å². The smallest absolute Gasteiger partial charge is 0.245 e. The summed E-state index contributed by atoms with van der Waals surface area (Å²) in [6.45, 7) is 2.82. The molecule has 1 aromatic carbocycles. The number of hydrogen-bond acceptors (Lipinski definition) is 4. The number of nitrogens with two attached hydrogens (primary N) is 1. The number of aromatic nitrogens is 3. The molecule has 1 aliphatic heterocycles. The maximum atomic E-state index is 13.8. The Kier molecular flexibility index (Phi) is 3.59. The Morgan fingerprint density at radius 2 is 2.19 bits per heavy atom. The van der Waals surface area contributed by atoms with Gasteiger partial charge in [-0.2, -0.15) is 4.98 Å². The number of H-pyrrole nitrogens is 1. The zero-order valence-electron chi connectivity index (χ0n) is 11.7. The van der Waals surface area contributed by atoms with Gasteiger partial charge in [0.25, 0.3) is 0 Å². The van der Waals surface area contributed by atoms with Gasteiger partial charge in [0.15, 0.2) is 5.82 Å². The first-order chi connectivity index (χ1) is 10.1. The number of nitrogens with zero attached hydrogens (tertiary/aromatic N) is 3. The molecule has 1 aromatic heterocycles. The largest absolute Gasteiger partial charge is 0.335 e. The molecule has 1 saturated heterocycles. The van der Waals surface area contributed by atoms with Crippen LogP contribution in [-0.2, 0) is 0 Å². The van der Waals surface area contributed by atoms with Crippen LogP contribution < -0.4 is 10.6 Å². The molecule has 112 valence electrons. The zero-order chi connectivity index (χ0) is 15.0. The topological polar surface area (TPSA) is 70.8 Å². The fraction of sp³-hybridized carbons (Fsp3) is 0.429. The molecule has 1 aliphatic rings. The average Bonchev–Trinajstić information content (AvgIpc) is 2.94. The number of aromatic amines is 1. The molecule has 0 spiro atoms. The Morgan fingerprint density at radius 3 is 3.00 bits per heavy atom. The van der Waals surface area contributed by atoms with Gasteiger partial charge < -0.3 is 10.6 Å². The summed E-state index contributed by atoms with van der Waals surface area (Å²) in [6.07, 6.45) is 1.93. The molecule has 0 radical (unpaired) electrons. The molecule has 5 nitrogen and oxygen atoms in total. The molecule has 0 aliphatic carbocycles. The Balaban J connectivity index is 1.91. The monoisotopic (exact) mass is 293 g/mol. The summed E-state index contributed by atoms with van der Waals surface area (Å²) in [5, 5.41) is 6.79. The summed E-state index contributed by atoms with van der Waals surface area (Å²) in [5.41, 5.74) is 6.12. The van der Waals surface area contributed by atoms with Gasteiger partial charge in [0, 0.05) is 18.6 Å². The molecular formula is C14H17F2N5. The van der Waals surface area contributed by atoms with Gasteiger partial charge in [0.1, 0.15) is 11.6 Å². The molecule has 2 heterocycles. The quantitative estimate of drug-likeness (QED) is 0.889. The van der Waals surface area contributed by atoms with Crippen LogP contribution in [0.15, 0.2) is 18.2 Å². The SMILES string of the molecule is CC1C(N)CCCN1c1n[nH]c(-c2cc(F)ccc2F)n1. The van der Waals surface area contributed by atoms with Gasteiger partial charge >= 0.3 is 0 Å². The van der Waals surface area contributed by atoms with Gasteiger partial charge in [-0.15, -0.1) is 5.10 Å². The van der Waals surface area contributed by atoms with Crippen molar-refractivity contribution in [3.63, 3.8) is 0 Å². The van der Waals surface area contributed by atoms with Crippen molar-refractivity contribution in [2.75, 3.05) is 11.4 Å². The van der Waals surface area contributed by atoms with Crippen molar-refractivity contribution in [1.82, 2.24) is 15.2 Å². The van der Waals surface area contributed by atoms with Crippen molar-refractivity contribution in [1.29, 1.82) is 0 Å². The van der Waals surface area contributed by atoms with Crippen LogP contribution in [0.25, 0.3) is 11.4 Å². The fourth-order valence-corrected chi connectivity index (χ4v) is 2.64. The highest BCUT2D eigenvalue weighted by Crippen LogP contribution is 2.25. The van der Waals surface area contributed by atoms with E-state index in [0.717, 1.165) is 37.6 Å². The average molecular weight is 293 g/mol. The van der Waals surface area contributed by atoms with E-state index in [9.17, 15) is 8.78 Å². The van der Waals surface area contributed by atoms with E-state index in [1.165, 1.54) is 0 Å². The third-order valence-corrected chi connectivity index (χ3v) is 3.96.